The lowest BCUT2D eigenvalue weighted by molar-refractivity contribution is -0.144. The van der Waals surface area contributed by atoms with Gasteiger partial charge in [-0.15, -0.1) is 0 Å². The second kappa shape index (κ2) is 5.80. The van der Waals surface area contributed by atoms with Gasteiger partial charge in [-0.3, -0.25) is 4.79 Å². The van der Waals surface area contributed by atoms with E-state index >= 15 is 0 Å². The average molecular weight is 270 g/mol. The molecule has 0 spiro atoms. The van der Waals surface area contributed by atoms with Gasteiger partial charge < -0.3 is 4.74 Å². The molecule has 0 amide bonds. The third kappa shape index (κ3) is 8.10. The van der Waals surface area contributed by atoms with Crippen molar-refractivity contribution in [3.8, 4) is 0 Å². The van der Waals surface area contributed by atoms with Gasteiger partial charge in [0.15, 0.2) is 0 Å². The van der Waals surface area contributed by atoms with Crippen molar-refractivity contribution in [2.45, 2.75) is 31.1 Å². The number of rotatable bonds is 4. The van der Waals surface area contributed by atoms with Crippen molar-refractivity contribution in [2.24, 2.45) is 5.92 Å². The summed E-state index contributed by atoms with van der Waals surface area (Å²) in [6.07, 6.45) is 0.521. The third-order valence-electron chi connectivity index (χ3n) is 1.03. The van der Waals surface area contributed by atoms with E-state index in [1.54, 1.807) is 0 Å². The number of halogens is 1. The Bertz CT molecular complexity index is 121. The zero-order valence-electron chi connectivity index (χ0n) is 7.26. The molecule has 11 heavy (non-hydrogen) atoms. The quantitative estimate of drug-likeness (QED) is 0.445. The standard InChI is InChI=1S/C8H15IO2/c1-6(2)5-11-8(10)4-7(3)9/h6-7H,4-5H2,1-3H3. The molecule has 2 nitrogen and oxygen atoms in total. The lowest BCUT2D eigenvalue weighted by Gasteiger charge is -2.07. The number of alkyl halides is 1. The third-order valence-corrected chi connectivity index (χ3v) is 1.47. The van der Waals surface area contributed by atoms with Crippen LogP contribution in [0.2, 0.25) is 0 Å². The zero-order chi connectivity index (χ0) is 8.85. The van der Waals surface area contributed by atoms with Crippen molar-refractivity contribution in [3.63, 3.8) is 0 Å². The highest BCUT2D eigenvalue weighted by Gasteiger charge is 2.07. The predicted molar refractivity (Wildman–Crippen MR) is 53.9 cm³/mol. The van der Waals surface area contributed by atoms with Crippen molar-refractivity contribution in [1.29, 1.82) is 0 Å². The van der Waals surface area contributed by atoms with Crippen LogP contribution in [0.25, 0.3) is 0 Å². The van der Waals surface area contributed by atoms with Crippen LogP contribution in [0.15, 0.2) is 0 Å². The molecule has 0 aromatic rings. The molecule has 1 atom stereocenters. The largest absolute Gasteiger partial charge is 0.465 e. The second-order valence-electron chi connectivity index (χ2n) is 3.06. The van der Waals surface area contributed by atoms with E-state index in [1.165, 1.54) is 0 Å². The number of hydrogen-bond acceptors (Lipinski definition) is 2. The van der Waals surface area contributed by atoms with Gasteiger partial charge in [0.25, 0.3) is 0 Å². The van der Waals surface area contributed by atoms with Crippen molar-refractivity contribution in [3.05, 3.63) is 0 Å². The molecular weight excluding hydrogens is 255 g/mol. The summed E-state index contributed by atoms with van der Waals surface area (Å²) in [5, 5.41) is 0. The first kappa shape index (κ1) is 11.2. The van der Waals surface area contributed by atoms with Gasteiger partial charge in [-0.1, -0.05) is 43.4 Å². The zero-order valence-corrected chi connectivity index (χ0v) is 9.42. The highest BCUT2D eigenvalue weighted by molar-refractivity contribution is 14.1. The number of carbonyl (C=O) groups is 1. The van der Waals surface area contributed by atoms with Crippen LogP contribution < -0.4 is 0 Å². The van der Waals surface area contributed by atoms with Crippen molar-refractivity contribution in [1.82, 2.24) is 0 Å². The molecule has 0 aromatic heterocycles. The first-order chi connectivity index (χ1) is 5.02. The molecule has 0 saturated carbocycles. The molecule has 0 heterocycles. The van der Waals surface area contributed by atoms with Gasteiger partial charge in [-0.05, 0) is 5.92 Å². The molecular formula is C8H15IO2. The van der Waals surface area contributed by atoms with E-state index in [-0.39, 0.29) is 5.97 Å². The fourth-order valence-corrected chi connectivity index (χ4v) is 0.908. The molecule has 0 aliphatic heterocycles. The monoisotopic (exact) mass is 270 g/mol. The Kier molecular flexibility index (Phi) is 5.91. The molecule has 66 valence electrons. The van der Waals surface area contributed by atoms with Crippen LogP contribution in [0, 0.1) is 5.92 Å². The SMILES string of the molecule is CC(C)COC(=O)CC(C)I. The normalized spacial score (nSPS) is 13.2. The van der Waals surface area contributed by atoms with Gasteiger partial charge in [0.1, 0.15) is 0 Å². The number of hydrogen-bond donors (Lipinski definition) is 0. The number of esters is 1. The summed E-state index contributed by atoms with van der Waals surface area (Å²) < 4.78 is 5.34. The van der Waals surface area contributed by atoms with E-state index in [0.717, 1.165) is 0 Å². The fourth-order valence-electron chi connectivity index (χ4n) is 0.548. The van der Waals surface area contributed by atoms with Crippen LogP contribution in [-0.4, -0.2) is 16.5 Å². The van der Waals surface area contributed by atoms with Crippen LogP contribution in [0.5, 0.6) is 0 Å². The molecule has 0 bridgehead atoms. The van der Waals surface area contributed by atoms with Crippen LogP contribution in [0.3, 0.4) is 0 Å². The Balaban J connectivity index is 3.38. The Morgan fingerprint density at radius 3 is 2.36 bits per heavy atom. The average Bonchev–Trinajstić information content (AvgIpc) is 1.82. The first-order valence-electron chi connectivity index (χ1n) is 3.82. The predicted octanol–water partition coefficient (Wildman–Crippen LogP) is 2.40. The molecule has 0 aliphatic carbocycles. The minimum Gasteiger partial charge on any atom is -0.465 e. The van der Waals surface area contributed by atoms with E-state index in [1.807, 2.05) is 20.8 Å². The van der Waals surface area contributed by atoms with Gasteiger partial charge in [0, 0.05) is 3.92 Å². The maximum absolute atomic E-state index is 10.9. The molecule has 0 fully saturated rings. The molecule has 0 N–H and O–H groups in total. The van der Waals surface area contributed by atoms with E-state index in [0.29, 0.717) is 22.9 Å². The molecule has 0 radical (unpaired) electrons. The lowest BCUT2D eigenvalue weighted by atomic mass is 10.2. The summed E-state index contributed by atoms with van der Waals surface area (Å²) in [6, 6.07) is 0. The molecule has 0 aliphatic rings. The van der Waals surface area contributed by atoms with Crippen molar-refractivity contribution in [2.75, 3.05) is 6.61 Å². The smallest absolute Gasteiger partial charge is 0.306 e. The van der Waals surface area contributed by atoms with Gasteiger partial charge >= 0.3 is 5.97 Å². The Morgan fingerprint density at radius 1 is 1.45 bits per heavy atom. The van der Waals surface area contributed by atoms with Crippen molar-refractivity contribution < 1.29 is 9.53 Å². The molecule has 0 rings (SSSR count). The Hall–Kier alpha value is 0.200. The number of ether oxygens (including phenoxy) is 1. The molecule has 0 aromatic carbocycles. The Labute approximate surface area is 81.8 Å². The first-order valence-corrected chi connectivity index (χ1v) is 5.06. The minimum absolute atomic E-state index is 0.0828. The summed E-state index contributed by atoms with van der Waals surface area (Å²) in [5.74, 6) is 0.351. The van der Waals surface area contributed by atoms with Crippen LogP contribution in [0.1, 0.15) is 27.2 Å². The molecule has 1 unspecified atom stereocenters. The lowest BCUT2D eigenvalue weighted by Crippen LogP contribution is -2.12. The summed E-state index contributed by atoms with van der Waals surface area (Å²) in [6.45, 7) is 6.60. The summed E-state index contributed by atoms with van der Waals surface area (Å²) in [7, 11) is 0. The summed E-state index contributed by atoms with van der Waals surface area (Å²) in [5.41, 5.74) is 0. The highest BCUT2D eigenvalue weighted by atomic mass is 127. The Morgan fingerprint density at radius 2 is 2.00 bits per heavy atom. The van der Waals surface area contributed by atoms with Crippen molar-refractivity contribution >= 4 is 28.6 Å². The number of carbonyl (C=O) groups excluding carboxylic acids is 1. The topological polar surface area (TPSA) is 26.3 Å². The maximum atomic E-state index is 10.9. The summed E-state index contributed by atoms with van der Waals surface area (Å²) in [4.78, 5) is 10.9. The maximum Gasteiger partial charge on any atom is 0.306 e. The fraction of sp³-hybridized carbons (Fsp3) is 0.875. The van der Waals surface area contributed by atoms with E-state index in [4.69, 9.17) is 4.74 Å². The molecule has 0 saturated heterocycles. The molecule has 3 heteroatoms. The van der Waals surface area contributed by atoms with Crippen LogP contribution >= 0.6 is 22.6 Å². The highest BCUT2D eigenvalue weighted by Crippen LogP contribution is 2.05. The van der Waals surface area contributed by atoms with Gasteiger partial charge in [0.2, 0.25) is 0 Å². The van der Waals surface area contributed by atoms with Gasteiger partial charge in [-0.25, -0.2) is 0 Å². The second-order valence-corrected chi connectivity index (χ2v) is 5.19. The van der Waals surface area contributed by atoms with E-state index < -0.39 is 0 Å². The minimum atomic E-state index is -0.0828. The van der Waals surface area contributed by atoms with E-state index in [2.05, 4.69) is 22.6 Å². The summed E-state index contributed by atoms with van der Waals surface area (Å²) >= 11 is 2.21. The van der Waals surface area contributed by atoms with E-state index in [9.17, 15) is 4.79 Å². The van der Waals surface area contributed by atoms with Gasteiger partial charge in [0.05, 0.1) is 13.0 Å². The van der Waals surface area contributed by atoms with Crippen LogP contribution in [-0.2, 0) is 9.53 Å². The van der Waals surface area contributed by atoms with Crippen LogP contribution in [0.4, 0.5) is 0 Å². The van der Waals surface area contributed by atoms with Gasteiger partial charge in [-0.2, -0.15) is 0 Å².